The van der Waals surface area contributed by atoms with Gasteiger partial charge in [-0.3, -0.25) is 4.79 Å². The number of rotatable bonds is 6. The number of ether oxygens (including phenoxy) is 1. The second-order valence-electron chi connectivity index (χ2n) is 6.00. The van der Waals surface area contributed by atoms with Crippen molar-refractivity contribution in [2.24, 2.45) is 11.3 Å². The van der Waals surface area contributed by atoms with Gasteiger partial charge in [-0.05, 0) is 38.5 Å². The Morgan fingerprint density at radius 3 is 2.60 bits per heavy atom. The fourth-order valence-electron chi connectivity index (χ4n) is 2.79. The minimum atomic E-state index is -0.428. The maximum absolute atomic E-state index is 12.3. The van der Waals surface area contributed by atoms with Gasteiger partial charge in [0.05, 0.1) is 7.11 Å². The normalized spacial score (nSPS) is 26.1. The summed E-state index contributed by atoms with van der Waals surface area (Å²) in [6.07, 6.45) is 3.88. The van der Waals surface area contributed by atoms with Crippen molar-refractivity contribution in [2.45, 2.75) is 52.4 Å². The first-order valence-electron chi connectivity index (χ1n) is 7.10. The van der Waals surface area contributed by atoms with Crippen LogP contribution < -0.4 is 0 Å². The molecule has 0 saturated heterocycles. The summed E-state index contributed by atoms with van der Waals surface area (Å²) in [5.41, 5.74) is 0.0363. The van der Waals surface area contributed by atoms with Crippen molar-refractivity contribution < 1.29 is 19.1 Å². The minimum absolute atomic E-state index is 0.101. The van der Waals surface area contributed by atoms with E-state index in [9.17, 15) is 14.4 Å². The van der Waals surface area contributed by atoms with Gasteiger partial charge >= 0.3 is 5.97 Å². The first kappa shape index (κ1) is 16.6. The lowest BCUT2D eigenvalue weighted by Gasteiger charge is -2.36. The third-order valence-electron chi connectivity index (χ3n) is 4.35. The predicted octanol–water partition coefficient (Wildman–Crippen LogP) is 2.85. The molecule has 0 aromatic carbocycles. The van der Waals surface area contributed by atoms with E-state index < -0.39 is 5.97 Å². The highest BCUT2D eigenvalue weighted by Crippen LogP contribution is 2.41. The van der Waals surface area contributed by atoms with Crippen molar-refractivity contribution in [3.8, 4) is 0 Å². The molecule has 1 aliphatic rings. The van der Waals surface area contributed by atoms with Crippen LogP contribution in [0.4, 0.5) is 0 Å². The Kier molecular flexibility index (Phi) is 5.66. The number of hydrogen-bond donors (Lipinski definition) is 0. The van der Waals surface area contributed by atoms with Crippen LogP contribution in [-0.4, -0.2) is 24.6 Å². The Morgan fingerprint density at radius 1 is 1.45 bits per heavy atom. The van der Waals surface area contributed by atoms with Crippen molar-refractivity contribution >= 4 is 17.5 Å². The number of hydrogen-bond acceptors (Lipinski definition) is 4. The summed E-state index contributed by atoms with van der Waals surface area (Å²) in [6, 6.07) is 0. The standard InChI is InChI=1S/C16H24O4/c1-11(17)6-5-8-16(3)9-7-13(10-14(16)18)12(2)15(19)20-4/h13H,2,5-10H2,1,3-4H3/t13-,16-/m1/s1. The van der Waals surface area contributed by atoms with Crippen molar-refractivity contribution in [1.82, 2.24) is 0 Å². The van der Waals surface area contributed by atoms with E-state index >= 15 is 0 Å². The Balaban J connectivity index is 2.58. The van der Waals surface area contributed by atoms with E-state index in [1.807, 2.05) is 6.92 Å². The molecule has 1 rings (SSSR count). The summed E-state index contributed by atoms with van der Waals surface area (Å²) in [6.45, 7) is 7.28. The molecule has 0 unspecified atom stereocenters. The van der Waals surface area contributed by atoms with Gasteiger partial charge in [0.15, 0.2) is 0 Å². The zero-order chi connectivity index (χ0) is 15.3. The SMILES string of the molecule is C=C(C(=O)OC)[C@@H]1CC[C@@](C)(CCCC(C)=O)C(=O)C1. The molecule has 0 bridgehead atoms. The Bertz CT molecular complexity index is 424. The topological polar surface area (TPSA) is 60.4 Å². The van der Waals surface area contributed by atoms with Crippen LogP contribution in [0.15, 0.2) is 12.2 Å². The number of methoxy groups -OCH3 is 1. The summed E-state index contributed by atoms with van der Waals surface area (Å²) in [4.78, 5) is 34.8. The zero-order valence-electron chi connectivity index (χ0n) is 12.7. The Hall–Kier alpha value is -1.45. The van der Waals surface area contributed by atoms with Crippen LogP contribution >= 0.6 is 0 Å². The zero-order valence-corrected chi connectivity index (χ0v) is 12.7. The van der Waals surface area contributed by atoms with Crippen molar-refractivity contribution in [1.29, 1.82) is 0 Å². The van der Waals surface area contributed by atoms with Gasteiger partial charge in [-0.1, -0.05) is 13.5 Å². The molecular formula is C16H24O4. The molecule has 1 saturated carbocycles. The number of Topliss-reactive ketones (excluding diaryl/α,β-unsaturated/α-hetero) is 2. The van der Waals surface area contributed by atoms with Gasteiger partial charge < -0.3 is 9.53 Å². The molecule has 0 spiro atoms. The number of carbonyl (C=O) groups excluding carboxylic acids is 3. The molecule has 0 N–H and O–H groups in total. The van der Waals surface area contributed by atoms with Crippen molar-refractivity contribution in [3.05, 3.63) is 12.2 Å². The fourth-order valence-corrected chi connectivity index (χ4v) is 2.79. The first-order valence-corrected chi connectivity index (χ1v) is 7.10. The maximum Gasteiger partial charge on any atom is 0.333 e. The third kappa shape index (κ3) is 4.02. The molecule has 1 fully saturated rings. The number of carbonyl (C=O) groups is 3. The minimum Gasteiger partial charge on any atom is -0.466 e. The highest BCUT2D eigenvalue weighted by molar-refractivity contribution is 5.91. The average Bonchev–Trinajstić information content (AvgIpc) is 2.40. The molecule has 0 heterocycles. The van der Waals surface area contributed by atoms with E-state index in [0.717, 1.165) is 25.7 Å². The predicted molar refractivity (Wildman–Crippen MR) is 76.1 cm³/mol. The molecule has 0 amide bonds. The van der Waals surface area contributed by atoms with E-state index in [0.29, 0.717) is 18.4 Å². The van der Waals surface area contributed by atoms with Crippen LogP contribution in [0, 0.1) is 11.3 Å². The highest BCUT2D eigenvalue weighted by atomic mass is 16.5. The van der Waals surface area contributed by atoms with E-state index in [2.05, 4.69) is 11.3 Å². The lowest BCUT2D eigenvalue weighted by molar-refractivity contribution is -0.138. The second kappa shape index (κ2) is 6.82. The monoisotopic (exact) mass is 280 g/mol. The van der Waals surface area contributed by atoms with E-state index in [4.69, 9.17) is 0 Å². The molecule has 0 aromatic rings. The molecule has 0 aliphatic heterocycles. The maximum atomic E-state index is 12.3. The molecule has 1 aliphatic carbocycles. The van der Waals surface area contributed by atoms with Gasteiger partial charge in [0.1, 0.15) is 11.6 Å². The van der Waals surface area contributed by atoms with Crippen molar-refractivity contribution in [3.63, 3.8) is 0 Å². The molecular weight excluding hydrogens is 256 g/mol. The molecule has 0 aromatic heterocycles. The molecule has 4 nitrogen and oxygen atoms in total. The third-order valence-corrected chi connectivity index (χ3v) is 4.35. The van der Waals surface area contributed by atoms with Crippen LogP contribution in [0.1, 0.15) is 52.4 Å². The van der Waals surface area contributed by atoms with E-state index in [-0.39, 0.29) is 22.9 Å². The van der Waals surface area contributed by atoms with Crippen LogP contribution in [-0.2, 0) is 19.1 Å². The summed E-state index contributed by atoms with van der Waals surface area (Å²) in [7, 11) is 1.32. The van der Waals surface area contributed by atoms with Gasteiger partial charge in [0, 0.05) is 23.8 Å². The van der Waals surface area contributed by atoms with Gasteiger partial charge in [0.25, 0.3) is 0 Å². The molecule has 2 atom stereocenters. The summed E-state index contributed by atoms with van der Waals surface area (Å²) in [5, 5.41) is 0. The molecule has 20 heavy (non-hydrogen) atoms. The van der Waals surface area contributed by atoms with E-state index in [1.54, 1.807) is 6.92 Å². The van der Waals surface area contributed by atoms with E-state index in [1.165, 1.54) is 7.11 Å². The lowest BCUT2D eigenvalue weighted by atomic mass is 9.67. The van der Waals surface area contributed by atoms with Crippen LogP contribution in [0.3, 0.4) is 0 Å². The quantitative estimate of drug-likeness (QED) is 0.554. The van der Waals surface area contributed by atoms with Gasteiger partial charge in [-0.2, -0.15) is 0 Å². The van der Waals surface area contributed by atoms with Crippen molar-refractivity contribution in [2.75, 3.05) is 7.11 Å². The Labute approximate surface area is 120 Å². The van der Waals surface area contributed by atoms with Gasteiger partial charge in [-0.15, -0.1) is 0 Å². The second-order valence-corrected chi connectivity index (χ2v) is 6.00. The van der Waals surface area contributed by atoms with Gasteiger partial charge in [-0.25, -0.2) is 4.79 Å². The fraction of sp³-hybridized carbons (Fsp3) is 0.688. The molecule has 112 valence electrons. The molecule has 4 heteroatoms. The summed E-state index contributed by atoms with van der Waals surface area (Å²) >= 11 is 0. The summed E-state index contributed by atoms with van der Waals surface area (Å²) < 4.78 is 4.66. The van der Waals surface area contributed by atoms with Gasteiger partial charge in [0.2, 0.25) is 0 Å². The number of ketones is 2. The lowest BCUT2D eigenvalue weighted by Crippen LogP contribution is -2.36. The average molecular weight is 280 g/mol. The largest absolute Gasteiger partial charge is 0.466 e. The number of esters is 1. The Morgan fingerprint density at radius 2 is 2.10 bits per heavy atom. The van der Waals surface area contributed by atoms with Crippen LogP contribution in [0.25, 0.3) is 0 Å². The summed E-state index contributed by atoms with van der Waals surface area (Å²) in [5.74, 6) is -0.199. The highest BCUT2D eigenvalue weighted by Gasteiger charge is 2.40. The smallest absolute Gasteiger partial charge is 0.333 e. The first-order chi connectivity index (χ1) is 9.30. The van der Waals surface area contributed by atoms with Crippen LogP contribution in [0.5, 0.6) is 0 Å². The van der Waals surface area contributed by atoms with Crippen LogP contribution in [0.2, 0.25) is 0 Å². The molecule has 0 radical (unpaired) electrons.